The molecule has 3 aromatic carbocycles. The minimum atomic E-state index is -0.152. The smallest absolute Gasteiger partial charge is 0.156 e. The molecule has 0 heterocycles. The van der Waals surface area contributed by atoms with Crippen molar-refractivity contribution >= 4 is 17.3 Å². The van der Waals surface area contributed by atoms with Crippen molar-refractivity contribution in [2.75, 3.05) is 0 Å². The van der Waals surface area contributed by atoms with Gasteiger partial charge < -0.3 is 25.5 Å². The van der Waals surface area contributed by atoms with Crippen LogP contribution in [0.15, 0.2) is 112 Å². The van der Waals surface area contributed by atoms with Gasteiger partial charge in [0.05, 0.1) is 12.2 Å². The molecule has 141 heavy (non-hydrogen) atoms. The van der Waals surface area contributed by atoms with Crippen molar-refractivity contribution in [1.29, 1.82) is 0 Å². The monoisotopic (exact) mass is 1930 g/mol. The summed E-state index contributed by atoms with van der Waals surface area (Å²) >= 11 is 0. The van der Waals surface area contributed by atoms with Crippen molar-refractivity contribution in [2.45, 2.75) is 481 Å². The normalized spacial score (nSPS) is 42.0. The third-order valence-corrected chi connectivity index (χ3v) is 46.1. The molecule has 8 heteroatoms. The van der Waals surface area contributed by atoms with E-state index in [9.17, 15) is 39.9 Å². The summed E-state index contributed by atoms with van der Waals surface area (Å²) in [4.78, 5) is 36.7. The maximum atomic E-state index is 13.1. The van der Waals surface area contributed by atoms with Gasteiger partial charge in [0.15, 0.2) is 11.6 Å². The van der Waals surface area contributed by atoms with E-state index in [1.807, 2.05) is 143 Å². The van der Waals surface area contributed by atoms with Crippen LogP contribution in [0.2, 0.25) is 0 Å². The number of carbonyl (C=O) groups is 3. The lowest BCUT2D eigenvalue weighted by atomic mass is 9.47. The van der Waals surface area contributed by atoms with Gasteiger partial charge in [-0.05, 0) is 516 Å². The van der Waals surface area contributed by atoms with Crippen LogP contribution in [0.4, 0.5) is 0 Å². The zero-order valence-electron chi connectivity index (χ0n) is 95.5. The van der Waals surface area contributed by atoms with Crippen LogP contribution >= 0.6 is 0 Å². The van der Waals surface area contributed by atoms with Crippen molar-refractivity contribution in [3.05, 3.63) is 145 Å². The fourth-order valence-electron chi connectivity index (χ4n) is 38.0. The standard InChI is InChI=1S/C23H32O2.C21H32.C20H30O.2C19H26O2.C19H26O.6C2H6/c1-14(2)21(25)23(4)12-10-20-19-7-5-15-13-16(24)6-8-17(15)18(19)9-11-22(20,23)3;1-13-11-16-7-5-6-8-17(16)19-14(2)12-21(4)15(3)9-10-18(21)20(13)19;1-13-4-7-17-16-6-5-14-12-15(21)8-10-20(14,3)18(16)9-11-19(13,17)2;1-11-18(21)10-17-16-5-3-12-9-13(20)4-6-14(12)15(16)7-8-19(11,17)2;1-11-9-17-16-5-3-12-10-13(20)4-6-14(12)15(16)7-8-19(17,2)18(11)21;1-12-3-8-18-17-6-4-13-11-14(20)5-7-15(13)16(17)9-10-19(12,18)2;6*1-2/h13-14,19-20H,5-12H2,1-4H3;7,13-15,18,20H,5-6,8-12H2,1-4H3;12-13,16-18H,4-11H2,1-3H3;4,6,9,11,15-18,20-21H,3,5,7-8,10H2,1-2H3;4,6,10-11,15-18,20-21H,3,5,7-9H2,1-2H3;5,7,11-12,16-18,20H,3-4,6,8-10H2,1-2H3;6*1-2H3/t19-,20+,22+,23-;13-,14+,15+,18+,20+,21-;13-,16-,17-,18-,19+,20-;11-,15+,16+,17-,18+,19+;11-,15-,16-,17+,18+,19+;12-,16+,17+,18-,19+;;;;;;/m110010....../s1. The number of rotatable bonds is 2. The number of Topliss-reactive ketones (excluding diaryl/α,β-unsaturated/α-hetero) is 1. The van der Waals surface area contributed by atoms with Crippen LogP contribution in [-0.4, -0.2) is 55.1 Å². The van der Waals surface area contributed by atoms with Crippen LogP contribution in [0.1, 0.15) is 483 Å². The summed E-state index contributed by atoms with van der Waals surface area (Å²) in [6.45, 7) is 64.9. The van der Waals surface area contributed by atoms with E-state index in [4.69, 9.17) is 0 Å². The van der Waals surface area contributed by atoms with Gasteiger partial charge in [0.1, 0.15) is 23.0 Å². The second-order valence-electron chi connectivity index (χ2n) is 51.4. The highest BCUT2D eigenvalue weighted by atomic mass is 16.3. The van der Waals surface area contributed by atoms with Gasteiger partial charge in [0, 0.05) is 24.2 Å². The molecule has 0 saturated heterocycles. The number of allylic oxidation sites excluding steroid dienone is 9. The summed E-state index contributed by atoms with van der Waals surface area (Å²) in [6, 6.07) is 18.0. The van der Waals surface area contributed by atoms with E-state index in [2.05, 4.69) is 142 Å². The fourth-order valence-corrected chi connectivity index (χ4v) is 38.0. The Kier molecular flexibility index (Phi) is 36.8. The lowest BCUT2D eigenvalue weighted by Gasteiger charge is -2.58. The molecular weight excluding hydrogens is 1730 g/mol. The largest absolute Gasteiger partial charge is 0.508 e. The lowest BCUT2D eigenvalue weighted by Crippen LogP contribution is -2.50. The molecule has 0 aromatic heterocycles. The van der Waals surface area contributed by atoms with Crippen LogP contribution in [0.5, 0.6) is 17.2 Å². The molecule has 21 aliphatic carbocycles. The first-order valence-electron chi connectivity index (χ1n) is 60.3. The van der Waals surface area contributed by atoms with Crippen LogP contribution in [0.25, 0.3) is 0 Å². The third kappa shape index (κ3) is 20.3. The zero-order chi connectivity index (χ0) is 103. The molecule has 13 saturated carbocycles. The fraction of sp³-hybridized carbons (Fsp3) is 0.767. The van der Waals surface area contributed by atoms with Gasteiger partial charge in [-0.3, -0.25) is 14.4 Å². The molecule has 0 bridgehead atoms. The molecule has 0 amide bonds. The van der Waals surface area contributed by atoms with Crippen LogP contribution in [-0.2, 0) is 33.6 Å². The Labute approximate surface area is 862 Å². The number of hydrogen-bond donors (Lipinski definition) is 5. The highest BCUT2D eigenvalue weighted by molar-refractivity contribution is 5.93. The molecule has 3 aromatic rings. The summed E-state index contributed by atoms with van der Waals surface area (Å²) in [6.07, 6.45) is 54.6. The molecule has 8 nitrogen and oxygen atoms in total. The van der Waals surface area contributed by atoms with E-state index in [-0.39, 0.29) is 34.4 Å². The van der Waals surface area contributed by atoms with Gasteiger partial charge >= 0.3 is 0 Å². The molecule has 788 valence electrons. The van der Waals surface area contributed by atoms with Crippen LogP contribution in [0, 0.1) is 168 Å². The number of fused-ring (bicyclic) bond motifs is 28. The summed E-state index contributed by atoms with van der Waals surface area (Å²) in [5, 5.41) is 50.2. The number of benzene rings is 3. The second kappa shape index (κ2) is 46.0. The lowest BCUT2D eigenvalue weighted by molar-refractivity contribution is -0.139. The predicted molar refractivity (Wildman–Crippen MR) is 593 cm³/mol. The van der Waals surface area contributed by atoms with E-state index in [0.717, 1.165) is 159 Å². The first-order valence-corrected chi connectivity index (χ1v) is 60.3. The van der Waals surface area contributed by atoms with E-state index >= 15 is 0 Å². The Morgan fingerprint density at radius 3 is 1.41 bits per heavy atom. The first kappa shape index (κ1) is 113. The summed E-state index contributed by atoms with van der Waals surface area (Å²) < 4.78 is 0. The Morgan fingerprint density at radius 2 is 0.865 bits per heavy atom. The average molecular weight is 1940 g/mol. The van der Waals surface area contributed by atoms with E-state index in [1.54, 1.807) is 16.7 Å². The topological polar surface area (TPSA) is 152 Å². The van der Waals surface area contributed by atoms with Gasteiger partial charge in [-0.2, -0.15) is 0 Å². The molecule has 24 rings (SSSR count). The van der Waals surface area contributed by atoms with Crippen LogP contribution < -0.4 is 0 Å². The highest BCUT2D eigenvalue weighted by Gasteiger charge is 2.65. The number of ketones is 3. The molecular formula is C133H208O8. The molecule has 33 atom stereocenters. The van der Waals surface area contributed by atoms with Crippen molar-refractivity contribution in [3.8, 4) is 17.2 Å². The Balaban J connectivity index is 0.000000139. The predicted octanol–water partition coefficient (Wildman–Crippen LogP) is 35.5. The number of hydrogen-bond acceptors (Lipinski definition) is 8. The van der Waals surface area contributed by atoms with Gasteiger partial charge in [0.2, 0.25) is 0 Å². The summed E-state index contributed by atoms with van der Waals surface area (Å²) in [5.74, 6) is 20.5. The number of aliphatic hydroxyl groups is 2. The Bertz CT molecular complexity index is 4840. The van der Waals surface area contributed by atoms with E-state index in [1.165, 1.54) is 218 Å². The molecule has 13 fully saturated rings. The highest BCUT2D eigenvalue weighted by Crippen LogP contribution is 2.73. The minimum absolute atomic E-state index is 0.111. The van der Waals surface area contributed by atoms with Gasteiger partial charge in [-0.1, -0.05) is 242 Å². The number of aromatic hydroxyl groups is 3. The van der Waals surface area contributed by atoms with Crippen molar-refractivity contribution < 1.29 is 39.9 Å². The number of phenolic OH excluding ortho intramolecular Hbond substituents is 3. The third-order valence-electron chi connectivity index (χ3n) is 46.1. The molecule has 0 aliphatic heterocycles. The number of aliphatic hydroxyl groups excluding tert-OH is 2. The molecule has 21 aliphatic rings. The maximum Gasteiger partial charge on any atom is 0.156 e. The first-order chi connectivity index (χ1) is 67.3. The van der Waals surface area contributed by atoms with Crippen molar-refractivity contribution in [2.24, 2.45) is 168 Å². The minimum Gasteiger partial charge on any atom is -0.508 e. The number of carbonyl (C=O) groups excluding carboxylic acids is 3. The van der Waals surface area contributed by atoms with Crippen LogP contribution in [0.3, 0.4) is 0 Å². The zero-order valence-corrected chi connectivity index (χ0v) is 95.5. The summed E-state index contributed by atoms with van der Waals surface area (Å²) in [5.41, 5.74) is 22.8. The van der Waals surface area contributed by atoms with E-state index in [0.29, 0.717) is 115 Å². The molecule has 0 radical (unpaired) electrons. The number of aryl methyl sites for hydroxylation is 3. The van der Waals surface area contributed by atoms with Crippen molar-refractivity contribution in [3.63, 3.8) is 0 Å². The number of phenols is 3. The van der Waals surface area contributed by atoms with E-state index < -0.39 is 0 Å². The second-order valence-corrected chi connectivity index (χ2v) is 51.4. The average Bonchev–Trinajstić information content (AvgIpc) is 1.60. The Morgan fingerprint density at radius 1 is 0.390 bits per heavy atom. The van der Waals surface area contributed by atoms with Crippen molar-refractivity contribution in [1.82, 2.24) is 0 Å². The SMILES string of the molecule is CC.CC.CC.CC.CC.CC.CC(C)C(=O)[C@@]1(C)CC[C@H]2[C@@H]3CCC4=CC(=O)CCC4=C3CC[C@@]21C.C[C@@H]1CC2=CCCCC2=C2[C@@H]1[C@@H]1CC[C@H](C)[C@@]1(C)C[C@@H]2C.C[C@@H]1C[C@H]2[C@@H]3CCc4cc(O)ccc4[C@H]3CC[C@]2(C)[C@H]1O.C[C@H]1CC[C@H]2[C@@H]3CCC4=CC(=O)CC[C@]4(C)[C@H]3CC[C@]12C.C[C@H]1CC[C@H]2[C@@H]3CCc4cc(O)ccc4[C@H]3CC[C@]12C.C[C@H]1[C@H](O)C[C@H]2[C@@H]3CCc4cc(O)ccc4[C@H]3CC[C@]12C. The van der Waals surface area contributed by atoms with Gasteiger partial charge in [0.25, 0.3) is 0 Å². The molecule has 5 N–H and O–H groups in total. The quantitative estimate of drug-likeness (QED) is 0.170. The summed E-state index contributed by atoms with van der Waals surface area (Å²) in [7, 11) is 0. The van der Waals surface area contributed by atoms with Gasteiger partial charge in [-0.25, -0.2) is 0 Å². The van der Waals surface area contributed by atoms with Gasteiger partial charge in [-0.15, -0.1) is 0 Å². The molecule has 0 spiro atoms. The molecule has 0 unspecified atom stereocenters. The Hall–Kier alpha value is -5.31. The maximum absolute atomic E-state index is 13.1.